The fourth-order valence-corrected chi connectivity index (χ4v) is 5.92. The number of aliphatic imine (C=N–C) groups is 1. The number of nitrogens with zero attached hydrogens (tertiary/aromatic N) is 2. The van der Waals surface area contributed by atoms with Crippen molar-refractivity contribution in [2.45, 2.75) is 13.5 Å². The monoisotopic (exact) mass is 792 g/mol. The Hall–Kier alpha value is -2.07. The summed E-state index contributed by atoms with van der Waals surface area (Å²) in [7, 11) is 0. The Bertz CT molecular complexity index is 1360. The molecule has 1 heterocycles. The molecule has 0 bridgehead atoms. The summed E-state index contributed by atoms with van der Waals surface area (Å²) in [6.07, 6.45) is 1.65. The van der Waals surface area contributed by atoms with Gasteiger partial charge in [-0.1, -0.05) is 18.2 Å². The summed E-state index contributed by atoms with van der Waals surface area (Å²) in [6.45, 7) is 2.09. The molecule has 7 nitrogen and oxygen atoms in total. The van der Waals surface area contributed by atoms with Crippen LogP contribution < -0.4 is 4.74 Å². The fourth-order valence-electron chi connectivity index (χ4n) is 3.25. The van der Waals surface area contributed by atoms with Gasteiger partial charge in [-0.25, -0.2) is 9.79 Å². The van der Waals surface area contributed by atoms with Gasteiger partial charge in [0.2, 0.25) is 5.90 Å². The number of hydrogen-bond donors (Lipinski definition) is 0. The van der Waals surface area contributed by atoms with Crippen molar-refractivity contribution in [3.63, 3.8) is 0 Å². The molecule has 0 atom stereocenters. The number of nitro groups is 1. The predicted molar refractivity (Wildman–Crippen MR) is 154 cm³/mol. The van der Waals surface area contributed by atoms with Gasteiger partial charge in [0.05, 0.1) is 12.1 Å². The molecule has 3 aromatic rings. The first-order valence-corrected chi connectivity index (χ1v) is 13.1. The average Bonchev–Trinajstić information content (AvgIpc) is 3.14. The molecule has 3 aromatic carbocycles. The number of carbonyl (C=O) groups excluding carboxylic acids is 1. The van der Waals surface area contributed by atoms with E-state index in [1.807, 2.05) is 36.4 Å². The molecule has 10 heteroatoms. The van der Waals surface area contributed by atoms with E-state index in [1.165, 1.54) is 12.1 Å². The van der Waals surface area contributed by atoms with Crippen LogP contribution in [0.5, 0.6) is 5.75 Å². The van der Waals surface area contributed by atoms with Crippen LogP contribution in [0.1, 0.15) is 22.3 Å². The molecule has 0 aromatic heterocycles. The number of cyclic esters (lactones) is 1. The van der Waals surface area contributed by atoms with Crippen LogP contribution in [0.15, 0.2) is 65.3 Å². The molecule has 34 heavy (non-hydrogen) atoms. The summed E-state index contributed by atoms with van der Waals surface area (Å²) in [5.41, 5.74) is 3.01. The molecule has 0 amide bonds. The Kier molecular flexibility index (Phi) is 7.87. The first-order valence-electron chi connectivity index (χ1n) is 9.86. The highest BCUT2D eigenvalue weighted by atomic mass is 127. The van der Waals surface area contributed by atoms with E-state index in [0.717, 1.165) is 27.6 Å². The van der Waals surface area contributed by atoms with Crippen molar-refractivity contribution in [1.82, 2.24) is 0 Å². The molecule has 0 saturated carbocycles. The van der Waals surface area contributed by atoms with Gasteiger partial charge < -0.3 is 9.47 Å². The Balaban J connectivity index is 1.57. The number of esters is 1. The zero-order valence-electron chi connectivity index (χ0n) is 17.6. The Labute approximate surface area is 236 Å². The van der Waals surface area contributed by atoms with Crippen molar-refractivity contribution >= 4 is 91.4 Å². The number of benzene rings is 3. The Morgan fingerprint density at radius 2 is 1.76 bits per heavy atom. The maximum atomic E-state index is 12.4. The molecule has 0 spiro atoms. The molecule has 0 aliphatic carbocycles. The van der Waals surface area contributed by atoms with Gasteiger partial charge in [0.1, 0.15) is 12.4 Å². The first-order chi connectivity index (χ1) is 16.2. The van der Waals surface area contributed by atoms with Crippen LogP contribution >= 0.6 is 67.8 Å². The molecule has 1 aliphatic heterocycles. The lowest BCUT2D eigenvalue weighted by atomic mass is 10.1. The molecule has 1 aliphatic rings. The second kappa shape index (κ2) is 10.7. The van der Waals surface area contributed by atoms with Crippen molar-refractivity contribution in [2.24, 2.45) is 4.99 Å². The smallest absolute Gasteiger partial charge is 0.363 e. The maximum absolute atomic E-state index is 12.4. The Morgan fingerprint density at radius 1 is 1.06 bits per heavy atom. The molecule has 4 rings (SSSR count). The summed E-state index contributed by atoms with van der Waals surface area (Å²) in [4.78, 5) is 27.3. The molecule has 172 valence electrons. The fraction of sp³-hybridized carbons (Fsp3) is 0.0833. The highest BCUT2D eigenvalue weighted by Gasteiger charge is 2.25. The van der Waals surface area contributed by atoms with E-state index in [9.17, 15) is 14.9 Å². The van der Waals surface area contributed by atoms with E-state index in [1.54, 1.807) is 19.1 Å². The third kappa shape index (κ3) is 5.59. The first kappa shape index (κ1) is 25.0. The third-order valence-electron chi connectivity index (χ3n) is 4.91. The van der Waals surface area contributed by atoms with Crippen molar-refractivity contribution < 1.29 is 19.2 Å². The number of hydrogen-bond acceptors (Lipinski definition) is 6. The van der Waals surface area contributed by atoms with Crippen LogP contribution in [-0.4, -0.2) is 16.8 Å². The van der Waals surface area contributed by atoms with Crippen LogP contribution in [0.25, 0.3) is 6.08 Å². The largest absolute Gasteiger partial charge is 0.487 e. The lowest BCUT2D eigenvalue weighted by molar-refractivity contribution is -0.385. The van der Waals surface area contributed by atoms with E-state index in [4.69, 9.17) is 9.47 Å². The van der Waals surface area contributed by atoms with Crippen molar-refractivity contribution in [2.75, 3.05) is 0 Å². The number of carbonyl (C=O) groups is 1. The van der Waals surface area contributed by atoms with Crippen LogP contribution in [0.4, 0.5) is 5.69 Å². The summed E-state index contributed by atoms with van der Waals surface area (Å²) < 4.78 is 14.4. The predicted octanol–water partition coefficient (Wildman–Crippen LogP) is 6.64. The highest BCUT2D eigenvalue weighted by molar-refractivity contribution is 14.1. The normalized spacial score (nSPS) is 14.2. The van der Waals surface area contributed by atoms with Crippen molar-refractivity contribution in [3.05, 3.63) is 103 Å². The molecular weight excluding hydrogens is 777 g/mol. The van der Waals surface area contributed by atoms with E-state index < -0.39 is 10.9 Å². The van der Waals surface area contributed by atoms with E-state index >= 15 is 0 Å². The standard InChI is InChI=1S/C24H15I3N2O5/c1-13-8-15(6-7-21(13)29(31)32)23-28-20(24(30)34-23)11-14-9-18(26)22(19(27)10-14)33-12-16-4-2-3-5-17(16)25/h2-11H,12H2,1H3/b20-11-. The van der Waals surface area contributed by atoms with Crippen LogP contribution in [0.3, 0.4) is 0 Å². The van der Waals surface area contributed by atoms with E-state index in [0.29, 0.717) is 17.7 Å². The maximum Gasteiger partial charge on any atom is 0.363 e. The van der Waals surface area contributed by atoms with Gasteiger partial charge in [0.15, 0.2) is 5.70 Å². The van der Waals surface area contributed by atoms with Crippen LogP contribution in [0.2, 0.25) is 0 Å². The lowest BCUT2D eigenvalue weighted by Gasteiger charge is -2.12. The number of aryl methyl sites for hydroxylation is 1. The Morgan fingerprint density at radius 3 is 2.41 bits per heavy atom. The highest BCUT2D eigenvalue weighted by Crippen LogP contribution is 2.32. The van der Waals surface area contributed by atoms with E-state index in [-0.39, 0.29) is 17.3 Å². The van der Waals surface area contributed by atoms with Gasteiger partial charge >= 0.3 is 5.97 Å². The molecule has 0 fully saturated rings. The molecular formula is C24H15I3N2O5. The topological polar surface area (TPSA) is 91.0 Å². The van der Waals surface area contributed by atoms with Crippen molar-refractivity contribution in [1.29, 1.82) is 0 Å². The number of nitro benzene ring substituents is 1. The number of ether oxygens (including phenoxy) is 2. The molecule has 0 N–H and O–H groups in total. The SMILES string of the molecule is Cc1cc(C2=N/C(=C\c3cc(I)c(OCc4ccccc4I)c(I)c3)C(=O)O2)ccc1[N+](=O)[O-]. The lowest BCUT2D eigenvalue weighted by Crippen LogP contribution is -2.06. The third-order valence-corrected chi connectivity index (χ3v) is 7.57. The summed E-state index contributed by atoms with van der Waals surface area (Å²) in [5.74, 6) is 0.327. The van der Waals surface area contributed by atoms with E-state index in [2.05, 4.69) is 72.8 Å². The quantitative estimate of drug-likeness (QED) is 0.0919. The van der Waals surface area contributed by atoms with Gasteiger partial charge in [-0.05, 0) is 117 Å². The molecule has 0 saturated heterocycles. The van der Waals surface area contributed by atoms with Gasteiger partial charge in [0.25, 0.3) is 5.69 Å². The minimum absolute atomic E-state index is 0.00197. The number of halogens is 3. The second-order valence-corrected chi connectivity index (χ2v) is 10.8. The van der Waals surface area contributed by atoms with Crippen molar-refractivity contribution in [3.8, 4) is 5.75 Å². The summed E-state index contributed by atoms with van der Waals surface area (Å²) in [6, 6.07) is 16.4. The zero-order chi connectivity index (χ0) is 24.4. The van der Waals surface area contributed by atoms with Gasteiger partial charge in [-0.2, -0.15) is 0 Å². The molecule has 0 unspecified atom stereocenters. The van der Waals surface area contributed by atoms with Gasteiger partial charge in [-0.15, -0.1) is 0 Å². The van der Waals surface area contributed by atoms with Crippen LogP contribution in [-0.2, 0) is 16.1 Å². The second-order valence-electron chi connectivity index (χ2n) is 7.29. The van der Waals surface area contributed by atoms with Gasteiger partial charge in [-0.3, -0.25) is 10.1 Å². The molecule has 0 radical (unpaired) electrons. The summed E-state index contributed by atoms with van der Waals surface area (Å²) >= 11 is 6.71. The zero-order valence-corrected chi connectivity index (χ0v) is 24.0. The summed E-state index contributed by atoms with van der Waals surface area (Å²) in [5, 5.41) is 11.0. The average molecular weight is 792 g/mol. The van der Waals surface area contributed by atoms with Gasteiger partial charge in [0, 0.05) is 26.3 Å². The number of rotatable bonds is 6. The minimum atomic E-state index is -0.574. The minimum Gasteiger partial charge on any atom is -0.487 e. The van der Waals surface area contributed by atoms with Crippen LogP contribution in [0, 0.1) is 27.7 Å².